The highest BCUT2D eigenvalue weighted by Gasteiger charge is 2.44. The number of aliphatic hydroxyl groups is 5. The molecule has 0 amide bonds. The normalized spacial score (nSPS) is 24.8. The summed E-state index contributed by atoms with van der Waals surface area (Å²) in [5.74, 6) is -1.24. The Morgan fingerprint density at radius 1 is 0.759 bits per heavy atom. The number of ketones is 3. The minimum Gasteiger partial charge on any atom is -0.431 e. The lowest BCUT2D eigenvalue weighted by Crippen LogP contribution is -2.47. The predicted octanol–water partition coefficient (Wildman–Crippen LogP) is 6.65. The van der Waals surface area contributed by atoms with Crippen LogP contribution in [0.15, 0.2) is 119 Å². The predicted molar refractivity (Wildman–Crippen MR) is 225 cm³/mol. The fourth-order valence-electron chi connectivity index (χ4n) is 6.91. The van der Waals surface area contributed by atoms with Crippen LogP contribution in [0.25, 0.3) is 0 Å². The van der Waals surface area contributed by atoms with Gasteiger partial charge in [0.1, 0.15) is 31.0 Å². The van der Waals surface area contributed by atoms with E-state index in [0.29, 0.717) is 5.57 Å². The van der Waals surface area contributed by atoms with Crippen LogP contribution in [-0.4, -0.2) is 92.8 Å². The number of carbonyl (C=O) groups excluding carboxylic acids is 4. The van der Waals surface area contributed by atoms with E-state index in [0.717, 1.165) is 27.9 Å². The van der Waals surface area contributed by atoms with Crippen molar-refractivity contribution in [1.82, 2.24) is 0 Å². The lowest BCUT2D eigenvalue weighted by Gasteiger charge is -2.39. The van der Waals surface area contributed by atoms with Crippen molar-refractivity contribution < 1.29 is 54.2 Å². The van der Waals surface area contributed by atoms with E-state index in [2.05, 4.69) is 6.08 Å². The minimum absolute atomic E-state index is 0.00977. The highest BCUT2D eigenvalue weighted by atomic mass is 16.7. The summed E-state index contributed by atoms with van der Waals surface area (Å²) in [6.45, 7) is 17.8. The summed E-state index contributed by atoms with van der Waals surface area (Å²) >= 11 is 0. The van der Waals surface area contributed by atoms with Crippen LogP contribution in [0.2, 0.25) is 0 Å². The molecule has 0 saturated heterocycles. The van der Waals surface area contributed by atoms with Gasteiger partial charge in [-0.1, -0.05) is 142 Å². The molecule has 318 valence electrons. The molecule has 0 radical (unpaired) electrons. The van der Waals surface area contributed by atoms with Crippen LogP contribution in [0.4, 0.5) is 4.79 Å². The number of Topliss-reactive ketones (excluding diaryl/α,β-unsaturated/α-hetero) is 3. The van der Waals surface area contributed by atoms with Crippen LogP contribution in [-0.2, 0) is 23.9 Å². The standard InChI is InChI=1S/C47H64O11/c1-29(17-13-19-31(3)21-23-35-33(5)41(52)37(49)25-46(35,7)8)15-11-12-16-30(2)18-14-20-32(4)22-24-36-34(6)42(53)40(26-47(36,9)10)58-45(56)57-28-39(51)44(55)43(54)38(50)27-48/h11-24,33,35,38-40,43-44,48,50-51,54-55H,25-28H2,1-10H3/b12-11+,17-13+,18-14+,23-21?,24-22?,29-15+,30-16+,31-19+,32-20+. The number of ether oxygens (including phenoxy) is 2. The van der Waals surface area contributed by atoms with Gasteiger partial charge in [0.05, 0.1) is 6.61 Å². The van der Waals surface area contributed by atoms with Crippen LogP contribution in [0.1, 0.15) is 82.1 Å². The van der Waals surface area contributed by atoms with Gasteiger partial charge in [0.25, 0.3) is 0 Å². The smallest absolute Gasteiger partial charge is 0.431 e. The van der Waals surface area contributed by atoms with Crippen molar-refractivity contribution in [2.75, 3.05) is 13.2 Å². The number of rotatable bonds is 17. The monoisotopic (exact) mass is 804 g/mol. The molecule has 2 aliphatic carbocycles. The first-order chi connectivity index (χ1) is 27.0. The van der Waals surface area contributed by atoms with E-state index in [4.69, 9.17) is 14.6 Å². The van der Waals surface area contributed by atoms with Crippen LogP contribution in [0.3, 0.4) is 0 Å². The van der Waals surface area contributed by atoms with Crippen LogP contribution >= 0.6 is 0 Å². The summed E-state index contributed by atoms with van der Waals surface area (Å²) in [6, 6.07) is 0. The summed E-state index contributed by atoms with van der Waals surface area (Å²) < 4.78 is 10.1. The molecule has 7 unspecified atom stereocenters. The Balaban J connectivity index is 1.94. The van der Waals surface area contributed by atoms with E-state index in [1.54, 1.807) is 6.92 Å². The van der Waals surface area contributed by atoms with Gasteiger partial charge in [-0.3, -0.25) is 14.4 Å². The zero-order valence-electron chi connectivity index (χ0n) is 35.6. The summed E-state index contributed by atoms with van der Waals surface area (Å²) in [7, 11) is 0. The molecule has 0 aliphatic heterocycles. The lowest BCUT2D eigenvalue weighted by molar-refractivity contribution is -0.145. The van der Waals surface area contributed by atoms with Gasteiger partial charge in [-0.2, -0.15) is 0 Å². The molecule has 11 heteroatoms. The molecular formula is C47H64O11. The Hall–Kier alpha value is -4.52. The third-order valence-electron chi connectivity index (χ3n) is 10.5. The molecule has 58 heavy (non-hydrogen) atoms. The van der Waals surface area contributed by atoms with Gasteiger partial charge in [-0.15, -0.1) is 0 Å². The molecule has 7 atom stereocenters. The average Bonchev–Trinajstić information content (AvgIpc) is 3.15. The second kappa shape index (κ2) is 22.6. The Bertz CT molecular complexity index is 1810. The molecular weight excluding hydrogens is 741 g/mol. The molecule has 2 rings (SSSR count). The molecule has 2 aliphatic rings. The van der Waals surface area contributed by atoms with Crippen molar-refractivity contribution in [1.29, 1.82) is 0 Å². The molecule has 0 bridgehead atoms. The number of allylic oxidation sites excluding steroid dienone is 19. The van der Waals surface area contributed by atoms with Gasteiger partial charge in [-0.05, 0) is 62.5 Å². The number of aliphatic hydroxyl groups excluding tert-OH is 5. The number of carbonyl (C=O) groups is 4. The first-order valence-electron chi connectivity index (χ1n) is 19.6. The van der Waals surface area contributed by atoms with Crippen LogP contribution in [0, 0.1) is 22.7 Å². The number of hydrogen-bond acceptors (Lipinski definition) is 11. The van der Waals surface area contributed by atoms with Crippen molar-refractivity contribution in [3.8, 4) is 0 Å². The van der Waals surface area contributed by atoms with Gasteiger partial charge in [-0.25, -0.2) is 4.79 Å². The Kier molecular flexibility index (Phi) is 19.3. The zero-order chi connectivity index (χ0) is 44.0. The SMILES string of the molecule is CC1=C(C=C/C(C)=C/C=C/C(C)=C/C=C/C=C(C)/C=C/C=C(\C)C=CC2C(C)C(=O)C(=O)CC2(C)C)C(C)(C)CC(OC(=O)OCC(O)C(O)C(O)C(O)CO)C1=O. The fourth-order valence-corrected chi connectivity index (χ4v) is 6.91. The molecule has 1 fully saturated rings. The van der Waals surface area contributed by atoms with Gasteiger partial charge in [0, 0.05) is 18.8 Å². The van der Waals surface area contributed by atoms with Crippen molar-refractivity contribution in [2.45, 2.75) is 113 Å². The molecule has 0 aromatic heterocycles. The van der Waals surface area contributed by atoms with E-state index < -0.39 is 55.3 Å². The topological polar surface area (TPSA) is 188 Å². The van der Waals surface area contributed by atoms with E-state index in [1.807, 2.05) is 141 Å². The third kappa shape index (κ3) is 15.0. The van der Waals surface area contributed by atoms with Crippen molar-refractivity contribution in [2.24, 2.45) is 22.7 Å². The molecule has 11 nitrogen and oxygen atoms in total. The minimum atomic E-state index is -1.91. The zero-order valence-corrected chi connectivity index (χ0v) is 35.6. The second-order valence-electron chi connectivity index (χ2n) is 16.7. The maximum atomic E-state index is 13.2. The fraction of sp³-hybridized carbons (Fsp3) is 0.489. The Labute approximate surface area is 343 Å². The summed E-state index contributed by atoms with van der Waals surface area (Å²) in [5.41, 5.74) is 4.55. The van der Waals surface area contributed by atoms with Crippen molar-refractivity contribution in [3.63, 3.8) is 0 Å². The van der Waals surface area contributed by atoms with E-state index in [-0.39, 0.29) is 47.4 Å². The molecule has 0 aromatic carbocycles. The first-order valence-corrected chi connectivity index (χ1v) is 19.6. The van der Waals surface area contributed by atoms with Gasteiger partial charge >= 0.3 is 6.16 Å². The van der Waals surface area contributed by atoms with Gasteiger partial charge in [0.2, 0.25) is 5.78 Å². The molecule has 5 N–H and O–H groups in total. The quantitative estimate of drug-likeness (QED) is 0.0602. The second-order valence-corrected chi connectivity index (χ2v) is 16.7. The van der Waals surface area contributed by atoms with Crippen molar-refractivity contribution in [3.05, 3.63) is 119 Å². The van der Waals surface area contributed by atoms with Gasteiger partial charge < -0.3 is 35.0 Å². The van der Waals surface area contributed by atoms with E-state index in [9.17, 15) is 39.6 Å². The van der Waals surface area contributed by atoms with Crippen LogP contribution < -0.4 is 0 Å². The third-order valence-corrected chi connectivity index (χ3v) is 10.5. The molecule has 0 spiro atoms. The van der Waals surface area contributed by atoms with E-state index in [1.165, 1.54) is 0 Å². The first kappa shape index (κ1) is 49.6. The maximum absolute atomic E-state index is 13.2. The lowest BCUT2D eigenvalue weighted by atomic mass is 9.63. The number of hydrogen-bond donors (Lipinski definition) is 5. The summed E-state index contributed by atoms with van der Waals surface area (Å²) in [6.07, 6.45) is 18.6. The average molecular weight is 805 g/mol. The largest absolute Gasteiger partial charge is 0.509 e. The van der Waals surface area contributed by atoms with E-state index >= 15 is 0 Å². The summed E-state index contributed by atoms with van der Waals surface area (Å²) in [4.78, 5) is 49.7. The van der Waals surface area contributed by atoms with Gasteiger partial charge in [0.15, 0.2) is 17.7 Å². The molecule has 0 aromatic rings. The maximum Gasteiger partial charge on any atom is 0.509 e. The Morgan fingerprint density at radius 2 is 1.26 bits per heavy atom. The molecule has 1 saturated carbocycles. The highest BCUT2D eigenvalue weighted by Crippen LogP contribution is 2.42. The molecule has 0 heterocycles. The van der Waals surface area contributed by atoms with Crippen LogP contribution in [0.5, 0.6) is 0 Å². The summed E-state index contributed by atoms with van der Waals surface area (Å²) in [5, 5.41) is 48.0. The van der Waals surface area contributed by atoms with Crippen molar-refractivity contribution >= 4 is 23.5 Å². The Morgan fingerprint density at radius 3 is 1.81 bits per heavy atom. The highest BCUT2D eigenvalue weighted by molar-refractivity contribution is 6.38.